The molecule has 1 aromatic rings. The molecule has 0 saturated heterocycles. The summed E-state index contributed by atoms with van der Waals surface area (Å²) in [6.07, 6.45) is 11.3. The van der Waals surface area contributed by atoms with Crippen LogP contribution in [0.3, 0.4) is 0 Å². The summed E-state index contributed by atoms with van der Waals surface area (Å²) in [4.78, 5) is 0.534. The Morgan fingerprint density at radius 2 is 1.90 bits per heavy atom. The van der Waals surface area contributed by atoms with Crippen LogP contribution in [0.4, 0.5) is 0 Å². The van der Waals surface area contributed by atoms with E-state index in [9.17, 15) is 0 Å². The minimum Gasteiger partial charge on any atom is -0.493 e. The summed E-state index contributed by atoms with van der Waals surface area (Å²) in [5, 5.41) is 0. The summed E-state index contributed by atoms with van der Waals surface area (Å²) in [7, 11) is 0. The van der Waals surface area contributed by atoms with E-state index < -0.39 is 0 Å². The van der Waals surface area contributed by atoms with Gasteiger partial charge in [0.1, 0.15) is 5.75 Å². The smallest absolute Gasteiger partial charge is 0.122 e. The zero-order chi connectivity index (χ0) is 14.2. The van der Waals surface area contributed by atoms with Crippen LogP contribution in [0.2, 0.25) is 0 Å². The van der Waals surface area contributed by atoms with Crippen molar-refractivity contribution in [2.45, 2.75) is 56.2 Å². The van der Waals surface area contributed by atoms with Gasteiger partial charge in [-0.2, -0.15) is 0 Å². The molecule has 1 nitrogen and oxygen atoms in total. The Bertz CT molecular complexity index is 512. The van der Waals surface area contributed by atoms with Crippen LogP contribution in [0, 0.1) is 17.8 Å². The van der Waals surface area contributed by atoms with Crippen LogP contribution in [-0.4, -0.2) is 6.61 Å². The predicted octanol–water partition coefficient (Wildman–Crippen LogP) is 5.66. The maximum Gasteiger partial charge on any atom is 0.122 e. The molecule has 1 aromatic carbocycles. The van der Waals surface area contributed by atoms with Crippen LogP contribution in [0.1, 0.15) is 60.9 Å². The van der Waals surface area contributed by atoms with E-state index in [1.807, 2.05) is 0 Å². The summed E-state index contributed by atoms with van der Waals surface area (Å²) in [5.41, 5.74) is 2.88. The van der Waals surface area contributed by atoms with E-state index in [1.165, 1.54) is 56.1 Å². The number of halogens is 1. The quantitative estimate of drug-likeness (QED) is 0.626. The average Bonchev–Trinajstić information content (AvgIpc) is 3.01. The zero-order valence-corrected chi connectivity index (χ0v) is 14.3. The van der Waals surface area contributed by atoms with Gasteiger partial charge in [0.15, 0.2) is 0 Å². The Morgan fingerprint density at radius 1 is 1.05 bits per heavy atom. The van der Waals surface area contributed by atoms with Gasteiger partial charge in [0.05, 0.1) is 6.61 Å². The first-order valence-electron chi connectivity index (χ1n) is 8.71. The second-order valence-electron chi connectivity index (χ2n) is 7.25. The summed E-state index contributed by atoms with van der Waals surface area (Å²) in [5.74, 6) is 3.98. The minimum atomic E-state index is 0.534. The van der Waals surface area contributed by atoms with Gasteiger partial charge < -0.3 is 4.74 Å². The highest BCUT2D eigenvalue weighted by Crippen LogP contribution is 2.48. The number of hydrogen-bond acceptors (Lipinski definition) is 1. The SMILES string of the molecule is BrC(c1ccc2c(c1)CCO2)C1CCC2CCCCC2C1. The number of fused-ring (bicyclic) bond motifs is 2. The summed E-state index contributed by atoms with van der Waals surface area (Å²) in [6.45, 7) is 0.860. The molecule has 0 aromatic heterocycles. The predicted molar refractivity (Wildman–Crippen MR) is 90.1 cm³/mol. The molecule has 1 aliphatic heterocycles. The Kier molecular flexibility index (Phi) is 4.00. The van der Waals surface area contributed by atoms with Gasteiger partial charge in [-0.3, -0.25) is 0 Å². The fraction of sp³-hybridized carbons (Fsp3) is 0.684. The third-order valence-electron chi connectivity index (χ3n) is 6.03. The Balaban J connectivity index is 1.48. The van der Waals surface area contributed by atoms with Crippen molar-refractivity contribution >= 4 is 15.9 Å². The first-order chi connectivity index (χ1) is 10.3. The van der Waals surface area contributed by atoms with Crippen molar-refractivity contribution in [1.29, 1.82) is 0 Å². The molecule has 21 heavy (non-hydrogen) atoms. The van der Waals surface area contributed by atoms with E-state index in [0.29, 0.717) is 4.83 Å². The van der Waals surface area contributed by atoms with Gasteiger partial charge in [0, 0.05) is 11.2 Å². The molecule has 0 bridgehead atoms. The van der Waals surface area contributed by atoms with E-state index in [2.05, 4.69) is 34.1 Å². The standard InChI is InChI=1S/C19H25BrO/c20-19(17-7-8-18-15(12-17)9-10-21-18)16-6-5-13-3-1-2-4-14(13)11-16/h7-8,12-14,16,19H,1-6,9-11H2. The molecule has 0 amide bonds. The largest absolute Gasteiger partial charge is 0.493 e. The highest BCUT2D eigenvalue weighted by atomic mass is 79.9. The van der Waals surface area contributed by atoms with Gasteiger partial charge >= 0.3 is 0 Å². The molecule has 2 fully saturated rings. The van der Waals surface area contributed by atoms with Crippen LogP contribution in [-0.2, 0) is 6.42 Å². The van der Waals surface area contributed by atoms with Crippen molar-refractivity contribution in [1.82, 2.24) is 0 Å². The molecule has 1 heterocycles. The molecule has 2 heteroatoms. The second kappa shape index (κ2) is 5.95. The van der Waals surface area contributed by atoms with E-state index in [-0.39, 0.29) is 0 Å². The molecular formula is C19H25BrO. The molecule has 0 spiro atoms. The fourth-order valence-electron chi connectivity index (χ4n) is 4.83. The maximum atomic E-state index is 5.63. The van der Waals surface area contributed by atoms with E-state index in [4.69, 9.17) is 4.74 Å². The lowest BCUT2D eigenvalue weighted by molar-refractivity contribution is 0.129. The third-order valence-corrected chi connectivity index (χ3v) is 7.30. The van der Waals surface area contributed by atoms with Gasteiger partial charge in [-0.1, -0.05) is 53.7 Å². The topological polar surface area (TPSA) is 9.23 Å². The Morgan fingerprint density at radius 3 is 2.81 bits per heavy atom. The molecule has 4 rings (SSSR count). The highest BCUT2D eigenvalue weighted by molar-refractivity contribution is 9.09. The number of ether oxygens (including phenoxy) is 1. The number of hydrogen-bond donors (Lipinski definition) is 0. The number of alkyl halides is 1. The number of rotatable bonds is 2. The van der Waals surface area contributed by atoms with Crippen molar-refractivity contribution in [2.75, 3.05) is 6.61 Å². The van der Waals surface area contributed by atoms with Gasteiger partial charge in [0.25, 0.3) is 0 Å². The van der Waals surface area contributed by atoms with E-state index in [1.54, 1.807) is 0 Å². The zero-order valence-electron chi connectivity index (χ0n) is 12.7. The first kappa shape index (κ1) is 14.1. The fourth-order valence-corrected chi connectivity index (χ4v) is 5.59. The molecule has 114 valence electrons. The van der Waals surface area contributed by atoms with Crippen LogP contribution < -0.4 is 4.74 Å². The van der Waals surface area contributed by atoms with Crippen LogP contribution >= 0.6 is 15.9 Å². The number of benzene rings is 1. The second-order valence-corrected chi connectivity index (χ2v) is 8.23. The lowest BCUT2D eigenvalue weighted by atomic mass is 9.66. The van der Waals surface area contributed by atoms with Gasteiger partial charge in [0.2, 0.25) is 0 Å². The van der Waals surface area contributed by atoms with Gasteiger partial charge in [-0.05, 0) is 54.2 Å². The van der Waals surface area contributed by atoms with Crippen molar-refractivity contribution < 1.29 is 4.74 Å². The van der Waals surface area contributed by atoms with Gasteiger partial charge in [-0.15, -0.1) is 0 Å². The summed E-state index contributed by atoms with van der Waals surface area (Å²) in [6, 6.07) is 6.84. The highest BCUT2D eigenvalue weighted by Gasteiger charge is 2.35. The first-order valence-corrected chi connectivity index (χ1v) is 9.62. The van der Waals surface area contributed by atoms with Crippen molar-refractivity contribution in [3.05, 3.63) is 29.3 Å². The van der Waals surface area contributed by atoms with Crippen LogP contribution in [0.15, 0.2) is 18.2 Å². The van der Waals surface area contributed by atoms with Crippen molar-refractivity contribution in [2.24, 2.45) is 17.8 Å². The summed E-state index contributed by atoms with van der Waals surface area (Å²) >= 11 is 4.03. The lowest BCUT2D eigenvalue weighted by Gasteiger charge is -2.41. The molecule has 0 radical (unpaired) electrons. The Hall–Kier alpha value is -0.500. The van der Waals surface area contributed by atoms with Crippen molar-refractivity contribution in [3.8, 4) is 5.75 Å². The van der Waals surface area contributed by atoms with Crippen LogP contribution in [0.25, 0.3) is 0 Å². The molecule has 2 saturated carbocycles. The average molecular weight is 349 g/mol. The lowest BCUT2D eigenvalue weighted by Crippen LogP contribution is -2.29. The van der Waals surface area contributed by atoms with Gasteiger partial charge in [-0.25, -0.2) is 0 Å². The molecule has 3 aliphatic rings. The van der Waals surface area contributed by atoms with Crippen molar-refractivity contribution in [3.63, 3.8) is 0 Å². The van der Waals surface area contributed by atoms with E-state index >= 15 is 0 Å². The maximum absolute atomic E-state index is 5.63. The molecule has 0 N–H and O–H groups in total. The normalized spacial score (nSPS) is 32.9. The molecule has 4 unspecified atom stereocenters. The molecule has 2 aliphatic carbocycles. The third kappa shape index (κ3) is 2.76. The molecular weight excluding hydrogens is 324 g/mol. The van der Waals surface area contributed by atoms with Crippen LogP contribution in [0.5, 0.6) is 5.75 Å². The summed E-state index contributed by atoms with van der Waals surface area (Å²) < 4.78 is 5.63. The molecule has 4 atom stereocenters. The Labute approximate surface area is 136 Å². The monoisotopic (exact) mass is 348 g/mol. The minimum absolute atomic E-state index is 0.534. The van der Waals surface area contributed by atoms with E-state index in [0.717, 1.165) is 36.5 Å².